The highest BCUT2D eigenvalue weighted by Crippen LogP contribution is 2.31. The maximum atomic E-state index is 3.59. The van der Waals surface area contributed by atoms with Crippen molar-refractivity contribution >= 4 is 11.8 Å². The molecule has 3 heteroatoms. The van der Waals surface area contributed by atoms with Crippen LogP contribution in [-0.2, 0) is 0 Å². The number of likely N-dealkylation sites (N-methyl/N-ethyl adjacent to an activating group) is 2. The number of nitrogens with zero attached hydrogens (tertiary/aromatic N) is 1. The molecule has 2 nitrogen and oxygen atoms in total. The van der Waals surface area contributed by atoms with E-state index >= 15 is 0 Å². The normalized spacial score (nSPS) is 32.0. The Morgan fingerprint density at radius 1 is 1.33 bits per heavy atom. The zero-order valence-electron chi connectivity index (χ0n) is 10.0. The average molecular weight is 228 g/mol. The fourth-order valence-corrected chi connectivity index (χ4v) is 4.43. The van der Waals surface area contributed by atoms with E-state index in [1.807, 2.05) is 0 Å². The quantitative estimate of drug-likeness (QED) is 0.793. The molecule has 2 unspecified atom stereocenters. The topological polar surface area (TPSA) is 15.3 Å². The summed E-state index contributed by atoms with van der Waals surface area (Å²) in [6.07, 6.45) is 5.79. The third kappa shape index (κ3) is 2.69. The molecule has 2 aliphatic rings. The van der Waals surface area contributed by atoms with Gasteiger partial charge in [-0.3, -0.25) is 0 Å². The van der Waals surface area contributed by atoms with E-state index in [1.54, 1.807) is 0 Å². The highest BCUT2D eigenvalue weighted by atomic mass is 32.2. The number of nitrogens with one attached hydrogen (secondary N) is 1. The van der Waals surface area contributed by atoms with Gasteiger partial charge in [-0.1, -0.05) is 12.8 Å². The molecule has 1 heterocycles. The number of thioether (sulfide) groups is 1. The van der Waals surface area contributed by atoms with Crippen molar-refractivity contribution in [3.05, 3.63) is 0 Å². The second kappa shape index (κ2) is 5.55. The van der Waals surface area contributed by atoms with Gasteiger partial charge in [0.05, 0.1) is 0 Å². The molecule has 2 atom stereocenters. The Labute approximate surface area is 98.2 Å². The van der Waals surface area contributed by atoms with Crippen LogP contribution in [0.3, 0.4) is 0 Å². The lowest BCUT2D eigenvalue weighted by atomic mass is 9.92. The van der Waals surface area contributed by atoms with E-state index in [1.165, 1.54) is 43.7 Å². The van der Waals surface area contributed by atoms with Gasteiger partial charge >= 0.3 is 0 Å². The molecule has 2 rings (SSSR count). The van der Waals surface area contributed by atoms with Crippen molar-refractivity contribution in [1.29, 1.82) is 0 Å². The largest absolute Gasteiger partial charge is 0.315 e. The monoisotopic (exact) mass is 228 g/mol. The fourth-order valence-electron chi connectivity index (χ4n) is 3.14. The van der Waals surface area contributed by atoms with Crippen molar-refractivity contribution < 1.29 is 0 Å². The molecule has 88 valence electrons. The molecule has 1 aliphatic heterocycles. The molecule has 1 saturated carbocycles. The molecule has 0 bridgehead atoms. The van der Waals surface area contributed by atoms with Crippen molar-refractivity contribution in [3.8, 4) is 0 Å². The van der Waals surface area contributed by atoms with Crippen LogP contribution in [0.4, 0.5) is 0 Å². The molecule has 2 fully saturated rings. The standard InChI is InChI=1S/C12H24N2S/c1-13-12(10-5-3-4-6-10)11-9-15-8-7-14(11)2/h10-13H,3-9H2,1-2H3. The minimum atomic E-state index is 0.727. The van der Waals surface area contributed by atoms with Gasteiger partial charge in [-0.05, 0) is 32.9 Å². The smallest absolute Gasteiger partial charge is 0.0339 e. The average Bonchev–Trinajstić information content (AvgIpc) is 2.75. The summed E-state index contributed by atoms with van der Waals surface area (Å²) in [6, 6.07) is 1.49. The van der Waals surface area contributed by atoms with Crippen LogP contribution >= 0.6 is 11.8 Å². The second-order valence-electron chi connectivity index (χ2n) is 4.98. The number of hydrogen-bond acceptors (Lipinski definition) is 3. The molecule has 1 aliphatic carbocycles. The lowest BCUT2D eigenvalue weighted by molar-refractivity contribution is 0.180. The molecule has 0 aromatic carbocycles. The first kappa shape index (κ1) is 11.7. The first-order valence-electron chi connectivity index (χ1n) is 6.28. The van der Waals surface area contributed by atoms with Crippen LogP contribution in [-0.4, -0.2) is 49.1 Å². The maximum Gasteiger partial charge on any atom is 0.0339 e. The van der Waals surface area contributed by atoms with Crippen LogP contribution in [0, 0.1) is 5.92 Å². The number of hydrogen-bond donors (Lipinski definition) is 1. The Morgan fingerprint density at radius 3 is 2.67 bits per heavy atom. The molecule has 0 spiro atoms. The lowest BCUT2D eigenvalue weighted by Crippen LogP contribution is -2.54. The van der Waals surface area contributed by atoms with Crippen LogP contribution < -0.4 is 5.32 Å². The molecule has 0 radical (unpaired) electrons. The summed E-state index contributed by atoms with van der Waals surface area (Å²) >= 11 is 2.13. The van der Waals surface area contributed by atoms with E-state index in [0.29, 0.717) is 0 Å². The van der Waals surface area contributed by atoms with Gasteiger partial charge in [0.2, 0.25) is 0 Å². The Balaban J connectivity index is 1.97. The van der Waals surface area contributed by atoms with E-state index in [4.69, 9.17) is 0 Å². The van der Waals surface area contributed by atoms with Crippen LogP contribution in [0.5, 0.6) is 0 Å². The minimum Gasteiger partial charge on any atom is -0.315 e. The SMILES string of the molecule is CNC(C1CCCC1)C1CSCCN1C. The first-order valence-corrected chi connectivity index (χ1v) is 7.43. The van der Waals surface area contributed by atoms with Gasteiger partial charge < -0.3 is 10.2 Å². The molecular weight excluding hydrogens is 204 g/mol. The van der Waals surface area contributed by atoms with Crippen molar-refractivity contribution in [2.45, 2.75) is 37.8 Å². The van der Waals surface area contributed by atoms with Crippen LogP contribution in [0.15, 0.2) is 0 Å². The fraction of sp³-hybridized carbons (Fsp3) is 1.00. The summed E-state index contributed by atoms with van der Waals surface area (Å²) in [5, 5.41) is 3.59. The predicted molar refractivity (Wildman–Crippen MR) is 68.5 cm³/mol. The van der Waals surface area contributed by atoms with Gasteiger partial charge in [0.25, 0.3) is 0 Å². The van der Waals surface area contributed by atoms with E-state index < -0.39 is 0 Å². The zero-order valence-corrected chi connectivity index (χ0v) is 10.9. The summed E-state index contributed by atoms with van der Waals surface area (Å²) in [7, 11) is 4.44. The van der Waals surface area contributed by atoms with Crippen molar-refractivity contribution in [2.24, 2.45) is 5.92 Å². The summed E-state index contributed by atoms with van der Waals surface area (Å²) in [5.41, 5.74) is 0. The van der Waals surface area contributed by atoms with E-state index in [2.05, 4.69) is 36.1 Å². The minimum absolute atomic E-state index is 0.727. The van der Waals surface area contributed by atoms with Gasteiger partial charge in [-0.25, -0.2) is 0 Å². The summed E-state index contributed by atoms with van der Waals surface area (Å²) in [6.45, 7) is 1.26. The van der Waals surface area contributed by atoms with E-state index in [0.717, 1.165) is 18.0 Å². The highest BCUT2D eigenvalue weighted by Gasteiger charge is 2.33. The van der Waals surface area contributed by atoms with E-state index in [-0.39, 0.29) is 0 Å². The Bertz CT molecular complexity index is 192. The molecule has 0 amide bonds. The van der Waals surface area contributed by atoms with Gasteiger partial charge in [-0.2, -0.15) is 11.8 Å². The molecule has 1 N–H and O–H groups in total. The summed E-state index contributed by atoms with van der Waals surface area (Å²) in [4.78, 5) is 2.57. The molecule has 0 aromatic rings. The molecule has 0 aromatic heterocycles. The summed E-state index contributed by atoms with van der Waals surface area (Å²) < 4.78 is 0. The highest BCUT2D eigenvalue weighted by molar-refractivity contribution is 7.99. The van der Waals surface area contributed by atoms with Crippen molar-refractivity contribution in [3.63, 3.8) is 0 Å². The van der Waals surface area contributed by atoms with Crippen LogP contribution in [0.2, 0.25) is 0 Å². The molecule has 15 heavy (non-hydrogen) atoms. The van der Waals surface area contributed by atoms with Crippen LogP contribution in [0.25, 0.3) is 0 Å². The van der Waals surface area contributed by atoms with Crippen molar-refractivity contribution in [1.82, 2.24) is 10.2 Å². The van der Waals surface area contributed by atoms with Crippen molar-refractivity contribution in [2.75, 3.05) is 32.1 Å². The summed E-state index contributed by atoms with van der Waals surface area (Å²) in [5.74, 6) is 3.56. The lowest BCUT2D eigenvalue weighted by Gasteiger charge is -2.40. The Kier molecular flexibility index (Phi) is 4.35. The maximum absolute atomic E-state index is 3.59. The predicted octanol–water partition coefficient (Wildman–Crippen LogP) is 1.81. The van der Waals surface area contributed by atoms with Gasteiger partial charge in [-0.15, -0.1) is 0 Å². The molecule has 1 saturated heterocycles. The Morgan fingerprint density at radius 2 is 2.07 bits per heavy atom. The third-order valence-electron chi connectivity index (χ3n) is 4.10. The van der Waals surface area contributed by atoms with Gasteiger partial charge in [0.1, 0.15) is 0 Å². The second-order valence-corrected chi connectivity index (χ2v) is 6.13. The third-order valence-corrected chi connectivity index (χ3v) is 5.15. The Hall–Kier alpha value is 0.270. The van der Waals surface area contributed by atoms with Crippen LogP contribution in [0.1, 0.15) is 25.7 Å². The van der Waals surface area contributed by atoms with E-state index in [9.17, 15) is 0 Å². The molecular formula is C12H24N2S. The van der Waals surface area contributed by atoms with Gasteiger partial charge in [0.15, 0.2) is 0 Å². The first-order chi connectivity index (χ1) is 7.33. The zero-order chi connectivity index (χ0) is 10.7. The van der Waals surface area contributed by atoms with Gasteiger partial charge in [0, 0.05) is 30.1 Å². The number of rotatable bonds is 3.